The number of amides is 1. The number of nitrogens with zero attached hydrogens (tertiary/aromatic N) is 2. The number of nitrogens with one attached hydrogen (secondary N) is 1. The molecule has 4 nitrogen and oxygen atoms in total. The van der Waals surface area contributed by atoms with E-state index in [0.29, 0.717) is 6.42 Å². The number of aromatic nitrogens is 1. The Bertz CT molecular complexity index is 1210. The molecule has 1 aliphatic heterocycles. The number of H-pyrrole nitrogens is 1. The van der Waals surface area contributed by atoms with Crippen molar-refractivity contribution in [1.82, 2.24) is 9.88 Å². The molecule has 0 bridgehead atoms. The number of carbonyl (C=O) groups is 1. The average Bonchev–Trinajstić information content (AvgIpc) is 3.27. The molecule has 3 aromatic carbocycles. The van der Waals surface area contributed by atoms with Crippen LogP contribution in [-0.4, -0.2) is 42.0 Å². The number of benzene rings is 3. The van der Waals surface area contributed by atoms with Crippen molar-refractivity contribution in [2.45, 2.75) is 12.3 Å². The molecule has 1 atom stereocenters. The van der Waals surface area contributed by atoms with E-state index in [1.807, 2.05) is 47.4 Å². The van der Waals surface area contributed by atoms with Gasteiger partial charge in [0.25, 0.3) is 0 Å². The summed E-state index contributed by atoms with van der Waals surface area (Å²) < 4.78 is 0. The van der Waals surface area contributed by atoms with Crippen molar-refractivity contribution < 1.29 is 4.79 Å². The molecule has 5 rings (SSSR count). The maximum Gasteiger partial charge on any atom is 0.223 e. The van der Waals surface area contributed by atoms with Gasteiger partial charge in [-0.25, -0.2) is 0 Å². The molecule has 1 fully saturated rings. The average molecular weight is 444 g/mol. The lowest BCUT2D eigenvalue weighted by Gasteiger charge is -2.36. The molecule has 1 saturated heterocycles. The summed E-state index contributed by atoms with van der Waals surface area (Å²) in [7, 11) is 0. The first-order valence-corrected chi connectivity index (χ1v) is 11.5. The van der Waals surface area contributed by atoms with Gasteiger partial charge in [0.1, 0.15) is 0 Å². The van der Waals surface area contributed by atoms with E-state index in [0.717, 1.165) is 42.4 Å². The number of para-hydroxylation sites is 1. The summed E-state index contributed by atoms with van der Waals surface area (Å²) in [5.41, 5.74) is 4.57. The molecule has 32 heavy (non-hydrogen) atoms. The van der Waals surface area contributed by atoms with Crippen LogP contribution in [0.5, 0.6) is 0 Å². The van der Waals surface area contributed by atoms with Gasteiger partial charge >= 0.3 is 0 Å². The molecule has 2 heterocycles. The number of fused-ring (bicyclic) bond motifs is 1. The van der Waals surface area contributed by atoms with E-state index < -0.39 is 0 Å². The fourth-order valence-electron chi connectivity index (χ4n) is 4.67. The number of piperazine rings is 1. The molecule has 5 heteroatoms. The number of rotatable bonds is 5. The van der Waals surface area contributed by atoms with Crippen LogP contribution in [-0.2, 0) is 4.79 Å². The molecule has 162 valence electrons. The van der Waals surface area contributed by atoms with Crippen LogP contribution in [0.2, 0.25) is 5.02 Å². The zero-order valence-electron chi connectivity index (χ0n) is 17.9. The molecule has 0 radical (unpaired) electrons. The van der Waals surface area contributed by atoms with Gasteiger partial charge in [-0.2, -0.15) is 0 Å². The van der Waals surface area contributed by atoms with Crippen LogP contribution in [0.4, 0.5) is 5.69 Å². The van der Waals surface area contributed by atoms with Crippen molar-refractivity contribution in [3.63, 3.8) is 0 Å². The van der Waals surface area contributed by atoms with Crippen LogP contribution in [0, 0.1) is 0 Å². The lowest BCUT2D eigenvalue weighted by molar-refractivity contribution is -0.131. The van der Waals surface area contributed by atoms with Crippen LogP contribution in [0.1, 0.15) is 23.5 Å². The Morgan fingerprint density at radius 2 is 1.66 bits per heavy atom. The minimum absolute atomic E-state index is 0.0193. The Morgan fingerprint density at radius 1 is 0.906 bits per heavy atom. The van der Waals surface area contributed by atoms with Gasteiger partial charge in [0, 0.05) is 66.3 Å². The first-order chi connectivity index (χ1) is 15.7. The predicted molar refractivity (Wildman–Crippen MR) is 131 cm³/mol. The Balaban J connectivity index is 1.34. The highest BCUT2D eigenvalue weighted by Gasteiger charge is 2.26. The number of hydrogen-bond acceptors (Lipinski definition) is 2. The van der Waals surface area contributed by atoms with E-state index in [9.17, 15) is 4.79 Å². The minimum Gasteiger partial charge on any atom is -0.368 e. The SMILES string of the molecule is O=C(CC(c1ccccc1)c1c[nH]c2ccccc12)N1CCN(c2cccc(Cl)c2)CC1. The molecule has 1 N–H and O–H groups in total. The molecule has 1 aliphatic rings. The van der Waals surface area contributed by atoms with Crippen LogP contribution >= 0.6 is 11.6 Å². The monoisotopic (exact) mass is 443 g/mol. The molecular formula is C27H26ClN3O. The van der Waals surface area contributed by atoms with Crippen molar-refractivity contribution in [3.05, 3.63) is 101 Å². The number of hydrogen-bond donors (Lipinski definition) is 1. The lowest BCUT2D eigenvalue weighted by Crippen LogP contribution is -2.49. The van der Waals surface area contributed by atoms with Crippen LogP contribution < -0.4 is 4.90 Å². The third-order valence-corrected chi connectivity index (χ3v) is 6.62. The molecule has 1 amide bonds. The Kier molecular flexibility index (Phi) is 5.87. The quantitative estimate of drug-likeness (QED) is 0.430. The highest BCUT2D eigenvalue weighted by molar-refractivity contribution is 6.30. The van der Waals surface area contributed by atoms with E-state index in [1.54, 1.807) is 0 Å². The zero-order valence-corrected chi connectivity index (χ0v) is 18.6. The Morgan fingerprint density at radius 3 is 2.44 bits per heavy atom. The van der Waals surface area contributed by atoms with E-state index in [1.165, 1.54) is 16.5 Å². The summed E-state index contributed by atoms with van der Waals surface area (Å²) in [4.78, 5) is 21.1. The van der Waals surface area contributed by atoms with Gasteiger partial charge < -0.3 is 14.8 Å². The largest absolute Gasteiger partial charge is 0.368 e. The van der Waals surface area contributed by atoms with Crippen molar-refractivity contribution in [1.29, 1.82) is 0 Å². The van der Waals surface area contributed by atoms with Gasteiger partial charge in [0.05, 0.1) is 0 Å². The van der Waals surface area contributed by atoms with Crippen molar-refractivity contribution in [3.8, 4) is 0 Å². The van der Waals surface area contributed by atoms with E-state index in [-0.39, 0.29) is 11.8 Å². The standard InChI is InChI=1S/C27H26ClN3O/c28-21-9-6-10-22(17-21)30-13-15-31(16-14-30)27(32)18-24(20-7-2-1-3-8-20)25-19-29-26-12-5-4-11-23(25)26/h1-12,17,19,24,29H,13-16,18H2. The first-order valence-electron chi connectivity index (χ1n) is 11.1. The summed E-state index contributed by atoms with van der Waals surface area (Å²) in [5.74, 6) is 0.223. The van der Waals surface area contributed by atoms with Crippen molar-refractivity contribution >= 4 is 34.1 Å². The normalized spacial score (nSPS) is 15.2. The zero-order chi connectivity index (χ0) is 21.9. The fourth-order valence-corrected chi connectivity index (χ4v) is 4.85. The van der Waals surface area contributed by atoms with Crippen LogP contribution in [0.25, 0.3) is 10.9 Å². The minimum atomic E-state index is 0.0193. The van der Waals surface area contributed by atoms with Gasteiger partial charge in [-0.1, -0.05) is 66.2 Å². The summed E-state index contributed by atoms with van der Waals surface area (Å²) >= 11 is 6.16. The number of anilines is 1. The third kappa shape index (κ3) is 4.23. The smallest absolute Gasteiger partial charge is 0.223 e. The topological polar surface area (TPSA) is 39.3 Å². The van der Waals surface area contributed by atoms with Crippen molar-refractivity contribution in [2.24, 2.45) is 0 Å². The van der Waals surface area contributed by atoms with E-state index in [2.05, 4.69) is 52.5 Å². The predicted octanol–water partition coefficient (Wildman–Crippen LogP) is 5.69. The maximum atomic E-state index is 13.4. The van der Waals surface area contributed by atoms with Gasteiger partial charge in [-0.05, 0) is 35.4 Å². The van der Waals surface area contributed by atoms with Gasteiger partial charge in [0.15, 0.2) is 0 Å². The molecule has 0 aliphatic carbocycles. The number of halogens is 1. The van der Waals surface area contributed by atoms with Crippen molar-refractivity contribution in [2.75, 3.05) is 31.1 Å². The molecular weight excluding hydrogens is 418 g/mol. The lowest BCUT2D eigenvalue weighted by atomic mass is 9.87. The molecule has 1 unspecified atom stereocenters. The molecule has 4 aromatic rings. The Labute approximate surface area is 193 Å². The van der Waals surface area contributed by atoms with E-state index in [4.69, 9.17) is 11.6 Å². The first kappa shape index (κ1) is 20.7. The van der Waals surface area contributed by atoms with Crippen LogP contribution in [0.3, 0.4) is 0 Å². The van der Waals surface area contributed by atoms with Gasteiger partial charge in [-0.3, -0.25) is 4.79 Å². The molecule has 0 saturated carbocycles. The fraction of sp³-hybridized carbons (Fsp3) is 0.222. The highest BCUT2D eigenvalue weighted by Crippen LogP contribution is 2.34. The summed E-state index contributed by atoms with van der Waals surface area (Å²) in [5, 5.41) is 1.92. The van der Waals surface area contributed by atoms with E-state index >= 15 is 0 Å². The molecule has 1 aromatic heterocycles. The summed E-state index contributed by atoms with van der Waals surface area (Å²) in [6.45, 7) is 3.08. The second-order valence-electron chi connectivity index (χ2n) is 8.30. The molecule has 0 spiro atoms. The Hall–Kier alpha value is -3.24. The van der Waals surface area contributed by atoms with Gasteiger partial charge in [0.2, 0.25) is 5.91 Å². The second kappa shape index (κ2) is 9.09. The number of aromatic amines is 1. The highest BCUT2D eigenvalue weighted by atomic mass is 35.5. The van der Waals surface area contributed by atoms with Gasteiger partial charge in [-0.15, -0.1) is 0 Å². The summed E-state index contributed by atoms with van der Waals surface area (Å²) in [6.07, 6.45) is 2.52. The number of carbonyl (C=O) groups excluding carboxylic acids is 1. The maximum absolute atomic E-state index is 13.4. The second-order valence-corrected chi connectivity index (χ2v) is 8.74. The van der Waals surface area contributed by atoms with Crippen LogP contribution in [0.15, 0.2) is 85.1 Å². The summed E-state index contributed by atoms with van der Waals surface area (Å²) in [6, 6.07) is 26.6. The third-order valence-electron chi connectivity index (χ3n) is 6.38.